The number of carbonyl (C=O) groups excluding carboxylic acids is 2. The standard InChI is InChI=1S/C17H18FNO5S2/c1-10(16(20)19(2)11-6-7-26(22,23)9-11)24-17(21)15-8-12-13(18)4-3-5-14(12)25-15/h3-5,8,10-11H,6-7,9H2,1-2H3/t10-,11+/m1/s1. The van der Waals surface area contributed by atoms with Crippen molar-refractivity contribution >= 4 is 43.1 Å². The van der Waals surface area contributed by atoms with Gasteiger partial charge in [0.15, 0.2) is 15.9 Å². The Morgan fingerprint density at radius 3 is 2.73 bits per heavy atom. The second-order valence-corrected chi connectivity index (χ2v) is 9.63. The molecule has 1 aromatic carbocycles. The highest BCUT2D eigenvalue weighted by atomic mass is 32.2. The number of amides is 1. The zero-order valence-electron chi connectivity index (χ0n) is 14.3. The third kappa shape index (κ3) is 3.73. The zero-order chi connectivity index (χ0) is 19.1. The summed E-state index contributed by atoms with van der Waals surface area (Å²) in [7, 11) is -1.61. The molecule has 9 heteroatoms. The molecule has 0 saturated carbocycles. The van der Waals surface area contributed by atoms with Crippen molar-refractivity contribution in [3.63, 3.8) is 0 Å². The Bertz CT molecular complexity index is 969. The first-order chi connectivity index (χ1) is 12.2. The van der Waals surface area contributed by atoms with E-state index in [4.69, 9.17) is 4.74 Å². The van der Waals surface area contributed by atoms with Crippen molar-refractivity contribution < 1.29 is 27.1 Å². The first-order valence-corrected chi connectivity index (χ1v) is 10.7. The van der Waals surface area contributed by atoms with E-state index < -0.39 is 39.7 Å². The molecule has 0 N–H and O–H groups in total. The van der Waals surface area contributed by atoms with Crippen LogP contribution in [-0.2, 0) is 19.4 Å². The van der Waals surface area contributed by atoms with E-state index in [0.29, 0.717) is 16.5 Å². The molecule has 0 bridgehead atoms. The first kappa shape index (κ1) is 18.8. The molecule has 1 aromatic heterocycles. The van der Waals surface area contributed by atoms with Crippen LogP contribution in [0.25, 0.3) is 10.1 Å². The molecule has 2 heterocycles. The van der Waals surface area contributed by atoms with E-state index in [1.807, 2.05) is 0 Å². The third-order valence-electron chi connectivity index (χ3n) is 4.44. The van der Waals surface area contributed by atoms with Gasteiger partial charge in [-0.15, -0.1) is 11.3 Å². The maximum atomic E-state index is 13.7. The summed E-state index contributed by atoms with van der Waals surface area (Å²) in [6.07, 6.45) is -0.688. The van der Waals surface area contributed by atoms with Gasteiger partial charge < -0.3 is 9.64 Å². The Morgan fingerprint density at radius 2 is 2.12 bits per heavy atom. The molecule has 0 spiro atoms. The molecule has 2 atom stereocenters. The minimum Gasteiger partial charge on any atom is -0.448 e. The molecule has 1 aliphatic rings. The van der Waals surface area contributed by atoms with E-state index in [2.05, 4.69) is 0 Å². The molecular weight excluding hydrogens is 381 g/mol. The van der Waals surface area contributed by atoms with Gasteiger partial charge in [0.05, 0.1) is 11.5 Å². The molecule has 3 rings (SSSR count). The normalized spacial score (nSPS) is 20.0. The van der Waals surface area contributed by atoms with E-state index in [1.54, 1.807) is 12.1 Å². The van der Waals surface area contributed by atoms with Gasteiger partial charge in [0.1, 0.15) is 10.7 Å². The van der Waals surface area contributed by atoms with Gasteiger partial charge in [0, 0.05) is 23.2 Å². The van der Waals surface area contributed by atoms with Crippen LogP contribution < -0.4 is 0 Å². The lowest BCUT2D eigenvalue weighted by atomic mass is 10.2. The highest BCUT2D eigenvalue weighted by Gasteiger charge is 2.35. The summed E-state index contributed by atoms with van der Waals surface area (Å²) in [6.45, 7) is 1.44. The van der Waals surface area contributed by atoms with Crippen LogP contribution in [0.1, 0.15) is 23.0 Å². The van der Waals surface area contributed by atoms with Gasteiger partial charge in [-0.1, -0.05) is 6.07 Å². The van der Waals surface area contributed by atoms with Crippen LogP contribution in [0.4, 0.5) is 4.39 Å². The molecule has 140 valence electrons. The molecule has 26 heavy (non-hydrogen) atoms. The van der Waals surface area contributed by atoms with Crippen molar-refractivity contribution in [2.45, 2.75) is 25.5 Å². The number of rotatable bonds is 4. The molecule has 0 radical (unpaired) electrons. The molecule has 6 nitrogen and oxygen atoms in total. The number of hydrogen-bond donors (Lipinski definition) is 0. The molecule has 0 aliphatic carbocycles. The van der Waals surface area contributed by atoms with E-state index in [1.165, 1.54) is 31.0 Å². The van der Waals surface area contributed by atoms with Crippen LogP contribution in [0.3, 0.4) is 0 Å². The topological polar surface area (TPSA) is 80.8 Å². The Labute approximate surface area is 154 Å². The molecule has 0 unspecified atom stereocenters. The Balaban J connectivity index is 1.68. The number of fused-ring (bicyclic) bond motifs is 1. The molecule has 2 aromatic rings. The number of halogens is 1. The number of thiophene rings is 1. The van der Waals surface area contributed by atoms with Crippen LogP contribution in [0.2, 0.25) is 0 Å². The Kier molecular flexibility index (Phi) is 5.03. The summed E-state index contributed by atoms with van der Waals surface area (Å²) in [5, 5.41) is 0.330. The van der Waals surface area contributed by atoms with E-state index in [-0.39, 0.29) is 16.4 Å². The van der Waals surface area contributed by atoms with Crippen LogP contribution in [-0.4, -0.2) is 55.9 Å². The van der Waals surface area contributed by atoms with Crippen molar-refractivity contribution in [1.29, 1.82) is 0 Å². The van der Waals surface area contributed by atoms with Crippen molar-refractivity contribution in [2.24, 2.45) is 0 Å². The predicted octanol–water partition coefficient (Wildman–Crippen LogP) is 2.23. The number of likely N-dealkylation sites (N-methyl/N-ethyl adjacent to an activating group) is 1. The second kappa shape index (κ2) is 6.96. The van der Waals surface area contributed by atoms with E-state index >= 15 is 0 Å². The van der Waals surface area contributed by atoms with E-state index in [0.717, 1.165) is 11.3 Å². The van der Waals surface area contributed by atoms with Gasteiger partial charge >= 0.3 is 5.97 Å². The average Bonchev–Trinajstić information content (AvgIpc) is 3.17. The van der Waals surface area contributed by atoms with Gasteiger partial charge in [0.2, 0.25) is 0 Å². The molecule has 1 amide bonds. The van der Waals surface area contributed by atoms with Crippen molar-refractivity contribution in [2.75, 3.05) is 18.6 Å². The quantitative estimate of drug-likeness (QED) is 0.737. The van der Waals surface area contributed by atoms with Gasteiger partial charge in [-0.2, -0.15) is 0 Å². The summed E-state index contributed by atoms with van der Waals surface area (Å²) in [5.74, 6) is -1.63. The summed E-state index contributed by atoms with van der Waals surface area (Å²) >= 11 is 1.09. The number of benzene rings is 1. The average molecular weight is 399 g/mol. The number of esters is 1. The lowest BCUT2D eigenvalue weighted by molar-refractivity contribution is -0.140. The van der Waals surface area contributed by atoms with Gasteiger partial charge in [0.25, 0.3) is 5.91 Å². The number of nitrogens with zero attached hydrogens (tertiary/aromatic N) is 1. The van der Waals surface area contributed by atoms with Gasteiger partial charge in [-0.3, -0.25) is 4.79 Å². The van der Waals surface area contributed by atoms with Crippen LogP contribution in [0.5, 0.6) is 0 Å². The SMILES string of the molecule is C[C@@H](OC(=O)c1cc2c(F)cccc2s1)C(=O)N(C)[C@H]1CCS(=O)(=O)C1. The highest BCUT2D eigenvalue weighted by molar-refractivity contribution is 7.91. The fourth-order valence-electron chi connectivity index (χ4n) is 2.94. The lowest BCUT2D eigenvalue weighted by Crippen LogP contribution is -2.44. The van der Waals surface area contributed by atoms with Crippen LogP contribution in [0, 0.1) is 5.82 Å². The van der Waals surface area contributed by atoms with Gasteiger partial charge in [-0.05, 0) is 31.5 Å². The zero-order valence-corrected chi connectivity index (χ0v) is 15.9. The molecule has 1 saturated heterocycles. The minimum absolute atomic E-state index is 0.0524. The van der Waals surface area contributed by atoms with Crippen LogP contribution in [0.15, 0.2) is 24.3 Å². The van der Waals surface area contributed by atoms with Crippen molar-refractivity contribution in [3.05, 3.63) is 35.0 Å². The Hall–Kier alpha value is -2.00. The second-order valence-electron chi connectivity index (χ2n) is 6.32. The maximum absolute atomic E-state index is 13.7. The highest BCUT2D eigenvalue weighted by Crippen LogP contribution is 2.28. The fourth-order valence-corrected chi connectivity index (χ4v) is 5.68. The number of ether oxygens (including phenoxy) is 1. The van der Waals surface area contributed by atoms with E-state index in [9.17, 15) is 22.4 Å². The smallest absolute Gasteiger partial charge is 0.349 e. The lowest BCUT2D eigenvalue weighted by Gasteiger charge is -2.26. The predicted molar refractivity (Wildman–Crippen MR) is 96.5 cm³/mol. The number of hydrogen-bond acceptors (Lipinski definition) is 6. The molecule has 1 fully saturated rings. The summed E-state index contributed by atoms with van der Waals surface area (Å²) in [5.41, 5.74) is 0. The summed E-state index contributed by atoms with van der Waals surface area (Å²) < 4.78 is 42.7. The monoisotopic (exact) mass is 399 g/mol. The molecule has 1 aliphatic heterocycles. The largest absolute Gasteiger partial charge is 0.448 e. The fraction of sp³-hybridized carbons (Fsp3) is 0.412. The molecular formula is C17H18FNO5S2. The minimum atomic E-state index is -3.12. The van der Waals surface area contributed by atoms with Crippen molar-refractivity contribution in [1.82, 2.24) is 4.90 Å². The van der Waals surface area contributed by atoms with Gasteiger partial charge in [-0.25, -0.2) is 17.6 Å². The maximum Gasteiger partial charge on any atom is 0.349 e. The summed E-state index contributed by atoms with van der Waals surface area (Å²) in [4.78, 5) is 26.2. The number of carbonyl (C=O) groups is 2. The number of sulfone groups is 1. The Morgan fingerprint density at radius 1 is 1.38 bits per heavy atom. The first-order valence-electron chi connectivity index (χ1n) is 8.04. The van der Waals surface area contributed by atoms with Crippen molar-refractivity contribution in [3.8, 4) is 0 Å². The summed E-state index contributed by atoms with van der Waals surface area (Å²) in [6, 6.07) is 5.55. The van der Waals surface area contributed by atoms with Crippen LogP contribution >= 0.6 is 11.3 Å². The third-order valence-corrected chi connectivity index (χ3v) is 7.28.